The fourth-order valence-corrected chi connectivity index (χ4v) is 3.21. The van der Waals surface area contributed by atoms with Crippen LogP contribution in [0.15, 0.2) is 45.8 Å². The van der Waals surface area contributed by atoms with E-state index >= 15 is 0 Å². The quantitative estimate of drug-likeness (QED) is 0.507. The molecule has 0 aromatic carbocycles. The van der Waals surface area contributed by atoms with Gasteiger partial charge in [0.1, 0.15) is 0 Å². The van der Waals surface area contributed by atoms with Crippen molar-refractivity contribution >= 4 is 23.9 Å². The van der Waals surface area contributed by atoms with E-state index in [1.54, 1.807) is 26.0 Å². The molecule has 150 valence electrons. The van der Waals surface area contributed by atoms with Crippen molar-refractivity contribution < 1.29 is 38.1 Å². The van der Waals surface area contributed by atoms with Gasteiger partial charge in [-0.15, -0.1) is 0 Å². The van der Waals surface area contributed by atoms with Crippen LogP contribution in [0.4, 0.5) is 0 Å². The zero-order valence-corrected chi connectivity index (χ0v) is 16.4. The number of fused-ring (bicyclic) bond motifs is 1. The van der Waals surface area contributed by atoms with Crippen LogP contribution in [-0.4, -0.2) is 63.3 Å². The van der Waals surface area contributed by atoms with E-state index in [0.717, 1.165) is 28.4 Å². The first-order valence-corrected chi connectivity index (χ1v) is 8.21. The summed E-state index contributed by atoms with van der Waals surface area (Å²) in [7, 11) is 4.49. The first kappa shape index (κ1) is 20.9. The van der Waals surface area contributed by atoms with Gasteiger partial charge in [0.2, 0.25) is 0 Å². The molecular weight excluding hydrogens is 370 g/mol. The minimum Gasteiger partial charge on any atom is -0.467 e. The average Bonchev–Trinajstić information content (AvgIpc) is 2.71. The molecule has 1 atom stereocenters. The molecule has 0 saturated carbocycles. The first-order chi connectivity index (χ1) is 13.2. The van der Waals surface area contributed by atoms with Gasteiger partial charge in [0.05, 0.1) is 50.9 Å². The molecular formula is C19H21NO8. The Balaban J connectivity index is 3.04. The molecule has 2 heterocycles. The Labute approximate surface area is 161 Å². The fraction of sp³-hybridized carbons (Fsp3) is 0.368. The zero-order valence-electron chi connectivity index (χ0n) is 16.4. The van der Waals surface area contributed by atoms with Gasteiger partial charge in [0, 0.05) is 5.70 Å². The number of hydrogen-bond acceptors (Lipinski definition) is 9. The maximum absolute atomic E-state index is 12.7. The van der Waals surface area contributed by atoms with Crippen molar-refractivity contribution in [1.29, 1.82) is 0 Å². The smallest absolute Gasteiger partial charge is 0.340 e. The molecule has 0 N–H and O–H groups in total. The minimum absolute atomic E-state index is 0.198. The van der Waals surface area contributed by atoms with Crippen LogP contribution < -0.4 is 0 Å². The van der Waals surface area contributed by atoms with Gasteiger partial charge < -0.3 is 23.8 Å². The van der Waals surface area contributed by atoms with E-state index in [2.05, 4.69) is 0 Å². The Morgan fingerprint density at radius 3 is 1.82 bits per heavy atom. The number of esters is 4. The Morgan fingerprint density at radius 1 is 0.786 bits per heavy atom. The molecule has 9 heteroatoms. The molecule has 0 aromatic heterocycles. The molecule has 2 rings (SSSR count). The summed E-state index contributed by atoms with van der Waals surface area (Å²) in [4.78, 5) is 52.0. The van der Waals surface area contributed by atoms with Gasteiger partial charge in [-0.2, -0.15) is 0 Å². The highest BCUT2D eigenvalue weighted by molar-refractivity contribution is 6.16. The van der Waals surface area contributed by atoms with Crippen molar-refractivity contribution in [3.63, 3.8) is 0 Å². The molecule has 1 unspecified atom stereocenters. The standard InChI is InChI=1S/C19H21NO8/c1-9-7-8-10(2)20-14(9)12(17(22)26-4)11(16(21)25-3)13(18(23)27-5)15(20)19(24)28-6/h7-8,15H,1-6H3. The summed E-state index contributed by atoms with van der Waals surface area (Å²) in [6, 6.07) is -1.35. The molecule has 28 heavy (non-hydrogen) atoms. The predicted octanol–water partition coefficient (Wildman–Crippen LogP) is 0.777. The lowest BCUT2D eigenvalue weighted by Crippen LogP contribution is -2.49. The van der Waals surface area contributed by atoms with Crippen LogP contribution >= 0.6 is 0 Å². The summed E-state index contributed by atoms with van der Waals surface area (Å²) < 4.78 is 19.3. The molecule has 0 fully saturated rings. The molecule has 9 nitrogen and oxygen atoms in total. The summed E-state index contributed by atoms with van der Waals surface area (Å²) in [5, 5.41) is 0. The third-order valence-corrected chi connectivity index (χ3v) is 4.47. The normalized spacial score (nSPS) is 18.6. The van der Waals surface area contributed by atoms with Gasteiger partial charge in [0.15, 0.2) is 6.04 Å². The monoisotopic (exact) mass is 391 g/mol. The Morgan fingerprint density at radius 2 is 1.32 bits per heavy atom. The van der Waals surface area contributed by atoms with E-state index in [1.807, 2.05) is 0 Å². The Kier molecular flexibility index (Phi) is 6.07. The Hall–Kier alpha value is -3.36. The number of allylic oxidation sites excluding steroid dienone is 4. The topological polar surface area (TPSA) is 108 Å². The lowest BCUT2D eigenvalue weighted by molar-refractivity contribution is -0.148. The van der Waals surface area contributed by atoms with Crippen LogP contribution in [0.3, 0.4) is 0 Å². The molecule has 0 spiro atoms. The van der Waals surface area contributed by atoms with Gasteiger partial charge >= 0.3 is 23.9 Å². The van der Waals surface area contributed by atoms with Gasteiger partial charge in [-0.1, -0.05) is 6.08 Å². The van der Waals surface area contributed by atoms with Crippen molar-refractivity contribution in [1.82, 2.24) is 4.90 Å². The second kappa shape index (κ2) is 8.12. The highest BCUT2D eigenvalue weighted by atomic mass is 16.5. The third kappa shape index (κ3) is 3.19. The average molecular weight is 391 g/mol. The second-order valence-corrected chi connectivity index (χ2v) is 5.94. The maximum atomic E-state index is 12.7. The summed E-state index contributed by atoms with van der Waals surface area (Å²) in [6.07, 6.45) is 3.43. The van der Waals surface area contributed by atoms with E-state index in [4.69, 9.17) is 18.9 Å². The fourth-order valence-electron chi connectivity index (χ4n) is 3.21. The zero-order chi connectivity index (χ0) is 21.2. The van der Waals surface area contributed by atoms with Crippen LogP contribution in [0.2, 0.25) is 0 Å². The van der Waals surface area contributed by atoms with Crippen LogP contribution in [0.1, 0.15) is 13.8 Å². The molecule has 2 aliphatic heterocycles. The number of carbonyl (C=O) groups is 4. The number of methoxy groups -OCH3 is 4. The van der Waals surface area contributed by atoms with E-state index in [1.165, 1.54) is 4.90 Å². The molecule has 0 aliphatic carbocycles. The van der Waals surface area contributed by atoms with Crippen LogP contribution in [0, 0.1) is 0 Å². The molecule has 0 aromatic rings. The lowest BCUT2D eigenvalue weighted by Gasteiger charge is -2.41. The highest BCUT2D eigenvalue weighted by Gasteiger charge is 2.49. The molecule has 0 radical (unpaired) electrons. The van der Waals surface area contributed by atoms with Gasteiger partial charge in [-0.05, 0) is 25.5 Å². The summed E-state index contributed by atoms with van der Waals surface area (Å²) in [5.41, 5.74) is 0.400. The SMILES string of the molecule is COC(=O)C1=C(C(=O)OC)C(C(=O)OC)N2C(C)=CC=C(C)C2=C1C(=O)OC. The van der Waals surface area contributed by atoms with Crippen molar-refractivity contribution in [3.05, 3.63) is 45.8 Å². The van der Waals surface area contributed by atoms with Gasteiger partial charge in [-0.3, -0.25) is 0 Å². The molecule has 0 bridgehead atoms. The molecule has 0 saturated heterocycles. The van der Waals surface area contributed by atoms with Crippen LogP contribution in [-0.2, 0) is 38.1 Å². The summed E-state index contributed by atoms with van der Waals surface area (Å²) >= 11 is 0. The number of nitrogens with zero attached hydrogens (tertiary/aromatic N) is 1. The van der Waals surface area contributed by atoms with Crippen molar-refractivity contribution in [3.8, 4) is 0 Å². The third-order valence-electron chi connectivity index (χ3n) is 4.47. The Bertz CT molecular complexity index is 874. The number of hydrogen-bond donors (Lipinski definition) is 0. The minimum atomic E-state index is -1.35. The first-order valence-electron chi connectivity index (χ1n) is 8.21. The van der Waals surface area contributed by atoms with Gasteiger partial charge in [-0.25, -0.2) is 19.2 Å². The van der Waals surface area contributed by atoms with Crippen molar-refractivity contribution in [2.45, 2.75) is 19.9 Å². The van der Waals surface area contributed by atoms with Crippen molar-refractivity contribution in [2.75, 3.05) is 28.4 Å². The van der Waals surface area contributed by atoms with E-state index < -0.39 is 35.5 Å². The van der Waals surface area contributed by atoms with Gasteiger partial charge in [0.25, 0.3) is 0 Å². The van der Waals surface area contributed by atoms with Crippen molar-refractivity contribution in [2.24, 2.45) is 0 Å². The van der Waals surface area contributed by atoms with E-state index in [0.29, 0.717) is 11.3 Å². The summed E-state index contributed by atoms with van der Waals surface area (Å²) in [5.74, 6) is -3.64. The van der Waals surface area contributed by atoms with E-state index in [-0.39, 0.29) is 16.8 Å². The molecule has 2 aliphatic rings. The highest BCUT2D eigenvalue weighted by Crippen LogP contribution is 2.41. The number of rotatable bonds is 4. The molecule has 0 amide bonds. The van der Waals surface area contributed by atoms with Crippen LogP contribution in [0.25, 0.3) is 0 Å². The largest absolute Gasteiger partial charge is 0.467 e. The van der Waals surface area contributed by atoms with Crippen LogP contribution in [0.5, 0.6) is 0 Å². The van der Waals surface area contributed by atoms with E-state index in [9.17, 15) is 19.2 Å². The maximum Gasteiger partial charge on any atom is 0.340 e. The summed E-state index contributed by atoms with van der Waals surface area (Å²) in [6.45, 7) is 3.38. The number of carbonyl (C=O) groups excluding carboxylic acids is 4. The number of ether oxygens (including phenoxy) is 4. The lowest BCUT2D eigenvalue weighted by atomic mass is 9.84. The second-order valence-electron chi connectivity index (χ2n) is 5.94. The predicted molar refractivity (Wildman–Crippen MR) is 95.3 cm³/mol.